The highest BCUT2D eigenvalue weighted by atomic mass is 35.5. The van der Waals surface area contributed by atoms with Crippen molar-refractivity contribution in [2.45, 2.75) is 6.54 Å². The Bertz CT molecular complexity index is 982. The van der Waals surface area contributed by atoms with E-state index < -0.39 is 11.6 Å². The zero-order valence-corrected chi connectivity index (χ0v) is 17.6. The van der Waals surface area contributed by atoms with E-state index in [-0.39, 0.29) is 17.3 Å². The van der Waals surface area contributed by atoms with Crippen molar-refractivity contribution in [2.24, 2.45) is 0 Å². The normalized spacial score (nSPS) is 10.7. The van der Waals surface area contributed by atoms with Crippen molar-refractivity contribution >= 4 is 46.1 Å². The molecule has 1 heterocycles. The summed E-state index contributed by atoms with van der Waals surface area (Å²) in [6.07, 6.45) is 1.36. The van der Waals surface area contributed by atoms with Gasteiger partial charge in [0.2, 0.25) is 5.13 Å². The smallest absolute Gasteiger partial charge is 0.216 e. The third-order valence-corrected chi connectivity index (χ3v) is 5.69. The molecule has 0 atom stereocenters. The van der Waals surface area contributed by atoms with Crippen LogP contribution in [0.1, 0.15) is 5.56 Å². The van der Waals surface area contributed by atoms with Gasteiger partial charge in [0.25, 0.3) is 0 Å². The minimum atomic E-state index is -0.971. The van der Waals surface area contributed by atoms with Gasteiger partial charge in [-0.15, -0.1) is 0 Å². The molecule has 12 heteroatoms. The highest BCUT2D eigenvalue weighted by molar-refractivity contribution is 8.01. The molecule has 0 saturated carbocycles. The number of methoxy groups -OCH3 is 2. The van der Waals surface area contributed by atoms with Gasteiger partial charge in [-0.2, -0.15) is 8.84 Å². The fourth-order valence-electron chi connectivity index (χ4n) is 2.34. The Morgan fingerprint density at radius 1 is 1.17 bits per heavy atom. The van der Waals surface area contributed by atoms with Crippen molar-refractivity contribution in [3.05, 3.63) is 58.9 Å². The molecule has 29 heavy (non-hydrogen) atoms. The van der Waals surface area contributed by atoms with Crippen molar-refractivity contribution in [3.8, 4) is 11.5 Å². The standard InChI is InChI=1S/C17H15ClF2N4O3S2/c1-26-11-4-3-10(16(5-11)27-2)8-23(17-21-9-22-28-17)29-24(25)15-6-12(18)13(19)7-14(15)20/h3-7,9,25H,8H2,1-2H3. The largest absolute Gasteiger partial charge is 0.497 e. The van der Waals surface area contributed by atoms with Crippen LogP contribution in [0.2, 0.25) is 5.02 Å². The molecule has 3 rings (SSSR count). The second-order valence-electron chi connectivity index (χ2n) is 5.51. The number of hydrogen-bond donors (Lipinski definition) is 1. The Balaban J connectivity index is 1.89. The number of nitrogens with zero attached hydrogens (tertiary/aromatic N) is 4. The van der Waals surface area contributed by atoms with Gasteiger partial charge < -0.3 is 9.47 Å². The molecule has 0 fully saturated rings. The van der Waals surface area contributed by atoms with Crippen LogP contribution in [0.15, 0.2) is 36.7 Å². The summed E-state index contributed by atoms with van der Waals surface area (Å²) >= 11 is 7.52. The first kappa shape index (κ1) is 21.4. The Kier molecular flexibility index (Phi) is 6.96. The highest BCUT2D eigenvalue weighted by Gasteiger charge is 2.22. The fourth-order valence-corrected chi connectivity index (χ4v) is 3.87. The molecule has 0 spiro atoms. The second-order valence-corrected chi connectivity index (χ2v) is 7.63. The number of hydrogen-bond acceptors (Lipinski definition) is 9. The minimum Gasteiger partial charge on any atom is -0.497 e. The quantitative estimate of drug-likeness (QED) is 0.287. The molecule has 154 valence electrons. The van der Waals surface area contributed by atoms with Crippen LogP contribution < -0.4 is 18.2 Å². The summed E-state index contributed by atoms with van der Waals surface area (Å²) < 4.78 is 44.2. The maximum absolute atomic E-state index is 14.1. The molecule has 0 saturated heterocycles. The fraction of sp³-hybridized carbons (Fsp3) is 0.176. The molecule has 2 aromatic carbocycles. The van der Waals surface area contributed by atoms with Crippen molar-refractivity contribution in [3.63, 3.8) is 0 Å². The third kappa shape index (κ3) is 4.99. The Morgan fingerprint density at radius 3 is 2.62 bits per heavy atom. The van der Waals surface area contributed by atoms with Crippen LogP contribution in [-0.2, 0) is 6.54 Å². The molecule has 1 N–H and O–H groups in total. The molecule has 7 nitrogen and oxygen atoms in total. The molecule has 0 aliphatic heterocycles. The lowest BCUT2D eigenvalue weighted by Gasteiger charge is -2.25. The topological polar surface area (TPSA) is 71.0 Å². The van der Waals surface area contributed by atoms with Crippen LogP contribution in [0.4, 0.5) is 19.6 Å². The minimum absolute atomic E-state index is 0.223. The lowest BCUT2D eigenvalue weighted by molar-refractivity contribution is 0.327. The lowest BCUT2D eigenvalue weighted by atomic mass is 10.2. The van der Waals surface area contributed by atoms with Gasteiger partial charge in [0.05, 0.1) is 25.8 Å². The summed E-state index contributed by atoms with van der Waals surface area (Å²) in [6.45, 7) is 0.223. The monoisotopic (exact) mass is 460 g/mol. The summed E-state index contributed by atoms with van der Waals surface area (Å²) in [5.74, 6) is -0.719. The zero-order chi connectivity index (χ0) is 21.0. The van der Waals surface area contributed by atoms with E-state index in [1.165, 1.54) is 13.4 Å². The maximum atomic E-state index is 14.1. The lowest BCUT2D eigenvalue weighted by Crippen LogP contribution is -2.23. The predicted molar refractivity (Wildman–Crippen MR) is 109 cm³/mol. The Labute approximate surface area is 178 Å². The van der Waals surface area contributed by atoms with Crippen LogP contribution in [0.3, 0.4) is 0 Å². The summed E-state index contributed by atoms with van der Waals surface area (Å²) in [5, 5.41) is 10.5. The van der Waals surface area contributed by atoms with Crippen molar-refractivity contribution in [1.29, 1.82) is 0 Å². The third-order valence-electron chi connectivity index (χ3n) is 3.74. The molecule has 1 aromatic heterocycles. The van der Waals surface area contributed by atoms with E-state index in [9.17, 15) is 14.0 Å². The van der Waals surface area contributed by atoms with E-state index in [2.05, 4.69) is 9.36 Å². The van der Waals surface area contributed by atoms with E-state index in [4.69, 9.17) is 21.1 Å². The first-order chi connectivity index (χ1) is 13.9. The van der Waals surface area contributed by atoms with Crippen molar-refractivity contribution in [1.82, 2.24) is 9.36 Å². The number of aromatic nitrogens is 2. The molecular formula is C17H15ClF2N4O3S2. The molecule has 0 bridgehead atoms. The van der Waals surface area contributed by atoms with E-state index in [1.807, 2.05) is 0 Å². The Morgan fingerprint density at radius 2 is 1.97 bits per heavy atom. The molecular weight excluding hydrogens is 446 g/mol. The second kappa shape index (κ2) is 9.44. The predicted octanol–water partition coefficient (Wildman–Crippen LogP) is 4.95. The highest BCUT2D eigenvalue weighted by Crippen LogP contribution is 2.35. The average molecular weight is 461 g/mol. The van der Waals surface area contributed by atoms with Gasteiger partial charge in [-0.1, -0.05) is 11.6 Å². The number of ether oxygens (including phenoxy) is 2. The van der Waals surface area contributed by atoms with Crippen molar-refractivity contribution < 1.29 is 23.5 Å². The van der Waals surface area contributed by atoms with Crippen LogP contribution in [-0.4, -0.2) is 28.8 Å². The van der Waals surface area contributed by atoms with Gasteiger partial charge in [0, 0.05) is 29.2 Å². The average Bonchev–Trinajstić information content (AvgIpc) is 3.25. The van der Waals surface area contributed by atoms with Crippen LogP contribution in [0, 0.1) is 11.6 Å². The van der Waals surface area contributed by atoms with Gasteiger partial charge in [0.15, 0.2) is 5.82 Å². The number of benzene rings is 2. The summed E-state index contributed by atoms with van der Waals surface area (Å²) in [5.41, 5.74) is 0.444. The molecule has 0 radical (unpaired) electrons. The number of anilines is 2. The van der Waals surface area contributed by atoms with Gasteiger partial charge in [0.1, 0.15) is 41.5 Å². The van der Waals surface area contributed by atoms with Crippen LogP contribution >= 0.6 is 35.3 Å². The molecule has 0 aliphatic carbocycles. The molecule has 0 amide bonds. The van der Waals surface area contributed by atoms with E-state index in [1.54, 1.807) is 29.6 Å². The van der Waals surface area contributed by atoms with Crippen molar-refractivity contribution in [2.75, 3.05) is 23.0 Å². The van der Waals surface area contributed by atoms with Gasteiger partial charge >= 0.3 is 0 Å². The van der Waals surface area contributed by atoms with Gasteiger partial charge in [-0.25, -0.2) is 13.8 Å². The first-order valence-corrected chi connectivity index (χ1v) is 9.87. The van der Waals surface area contributed by atoms with Crippen LogP contribution in [0.25, 0.3) is 0 Å². The molecule has 0 unspecified atom stereocenters. The number of rotatable bonds is 8. The van der Waals surface area contributed by atoms with E-state index in [0.29, 0.717) is 27.2 Å². The summed E-state index contributed by atoms with van der Waals surface area (Å²) in [7, 11) is 3.07. The van der Waals surface area contributed by atoms with Gasteiger partial charge in [-0.05, 0) is 18.2 Å². The zero-order valence-electron chi connectivity index (χ0n) is 15.2. The number of halogens is 3. The SMILES string of the molecule is COc1ccc(CN(SN(O)c2cc(Cl)c(F)cc2F)c2ncns2)c(OC)c1. The van der Waals surface area contributed by atoms with E-state index >= 15 is 0 Å². The van der Waals surface area contributed by atoms with Gasteiger partial charge in [-0.3, -0.25) is 9.51 Å². The molecule has 0 aliphatic rings. The summed E-state index contributed by atoms with van der Waals surface area (Å²) in [6, 6.07) is 6.86. The summed E-state index contributed by atoms with van der Waals surface area (Å²) in [4.78, 5) is 4.13. The molecule has 3 aromatic rings. The van der Waals surface area contributed by atoms with E-state index in [0.717, 1.165) is 35.3 Å². The Hall–Kier alpha value is -2.34. The maximum Gasteiger partial charge on any atom is 0.216 e. The van der Waals surface area contributed by atoms with Crippen LogP contribution in [0.5, 0.6) is 11.5 Å². The first-order valence-electron chi connectivity index (χ1n) is 7.99.